The number of hydrogen-bond donors (Lipinski definition) is 2. The van der Waals surface area contributed by atoms with Gasteiger partial charge in [-0.1, -0.05) is 13.3 Å². The minimum atomic E-state index is -0.0579. The van der Waals surface area contributed by atoms with Crippen LogP contribution in [-0.2, 0) is 0 Å². The number of rotatable bonds is 3. The molecule has 2 nitrogen and oxygen atoms in total. The van der Waals surface area contributed by atoms with Crippen molar-refractivity contribution in [3.63, 3.8) is 0 Å². The van der Waals surface area contributed by atoms with Crippen LogP contribution < -0.4 is 5.73 Å². The van der Waals surface area contributed by atoms with Gasteiger partial charge in [-0.25, -0.2) is 0 Å². The van der Waals surface area contributed by atoms with Gasteiger partial charge in [0.05, 0.1) is 6.61 Å². The van der Waals surface area contributed by atoms with E-state index in [1.54, 1.807) is 0 Å². The molecule has 1 atom stereocenters. The largest absolute Gasteiger partial charge is 0.395 e. The summed E-state index contributed by atoms with van der Waals surface area (Å²) in [6.07, 6.45) is 1.62. The maximum atomic E-state index is 8.31. The summed E-state index contributed by atoms with van der Waals surface area (Å²) in [5, 5.41) is 8.31. The maximum Gasteiger partial charge on any atom is 0.0582 e. The van der Waals surface area contributed by atoms with Crippen LogP contribution >= 0.6 is 0 Å². The first-order valence-electron chi connectivity index (χ1n) is 2.47. The van der Waals surface area contributed by atoms with Gasteiger partial charge in [0.2, 0.25) is 0 Å². The molecule has 7 heavy (non-hydrogen) atoms. The Morgan fingerprint density at radius 3 is 2.43 bits per heavy atom. The van der Waals surface area contributed by atoms with Crippen molar-refractivity contribution in [2.75, 3.05) is 6.61 Å². The second kappa shape index (κ2) is 4.09. The van der Waals surface area contributed by atoms with E-state index in [-0.39, 0.29) is 12.6 Å². The number of hydrogen-bond acceptors (Lipinski definition) is 2. The maximum absolute atomic E-state index is 8.31. The molecule has 0 saturated carbocycles. The van der Waals surface area contributed by atoms with Gasteiger partial charge in [0.25, 0.3) is 0 Å². The van der Waals surface area contributed by atoms with Crippen LogP contribution in [0.1, 0.15) is 12.8 Å². The Bertz CT molecular complexity index is 39.1. The third-order valence-electron chi connectivity index (χ3n) is 0.809. The van der Waals surface area contributed by atoms with Gasteiger partial charge in [-0.05, 0) is 6.42 Å². The highest BCUT2D eigenvalue weighted by atomic mass is 16.3. The fraction of sp³-hybridized carbons (Fsp3) is 0.800. The SMILES string of the molecule is [CH2]CCC(N)CO. The van der Waals surface area contributed by atoms with Crippen LogP contribution in [0.25, 0.3) is 0 Å². The lowest BCUT2D eigenvalue weighted by atomic mass is 10.2. The zero-order chi connectivity index (χ0) is 5.70. The van der Waals surface area contributed by atoms with Gasteiger partial charge in [0.1, 0.15) is 0 Å². The Kier molecular flexibility index (Phi) is 4.04. The highest BCUT2D eigenvalue weighted by Crippen LogP contribution is 1.88. The monoisotopic (exact) mass is 102 g/mol. The van der Waals surface area contributed by atoms with Crippen LogP contribution in [0.3, 0.4) is 0 Å². The molecule has 0 amide bonds. The van der Waals surface area contributed by atoms with Crippen molar-refractivity contribution in [3.8, 4) is 0 Å². The molecule has 0 aromatic carbocycles. The van der Waals surface area contributed by atoms with E-state index in [2.05, 4.69) is 6.92 Å². The summed E-state index contributed by atoms with van der Waals surface area (Å²) in [6, 6.07) is -0.0579. The first-order chi connectivity index (χ1) is 3.31. The van der Waals surface area contributed by atoms with E-state index in [1.165, 1.54) is 0 Å². The Balaban J connectivity index is 2.83. The molecule has 0 spiro atoms. The van der Waals surface area contributed by atoms with Gasteiger partial charge >= 0.3 is 0 Å². The first-order valence-corrected chi connectivity index (χ1v) is 2.47. The van der Waals surface area contributed by atoms with E-state index >= 15 is 0 Å². The summed E-state index contributed by atoms with van der Waals surface area (Å²) in [5.41, 5.74) is 5.29. The fourth-order valence-corrected chi connectivity index (χ4v) is 0.353. The molecule has 0 aliphatic carbocycles. The molecule has 0 heterocycles. The predicted molar refractivity (Wildman–Crippen MR) is 29.7 cm³/mol. The summed E-state index contributed by atoms with van der Waals surface area (Å²) < 4.78 is 0. The Morgan fingerprint density at radius 2 is 2.29 bits per heavy atom. The smallest absolute Gasteiger partial charge is 0.0582 e. The van der Waals surface area contributed by atoms with Crippen molar-refractivity contribution >= 4 is 0 Å². The average molecular weight is 102 g/mol. The number of nitrogens with two attached hydrogens (primary N) is 1. The summed E-state index contributed by atoms with van der Waals surface area (Å²) >= 11 is 0. The lowest BCUT2D eigenvalue weighted by Crippen LogP contribution is -2.23. The molecule has 1 unspecified atom stereocenters. The van der Waals surface area contributed by atoms with Gasteiger partial charge in [-0.2, -0.15) is 0 Å². The number of aliphatic hydroxyl groups excluding tert-OH is 1. The predicted octanol–water partition coefficient (Wildman–Crippen LogP) is -0.0797. The Morgan fingerprint density at radius 1 is 1.71 bits per heavy atom. The van der Waals surface area contributed by atoms with Crippen molar-refractivity contribution in [2.24, 2.45) is 5.73 Å². The molecule has 43 valence electrons. The van der Waals surface area contributed by atoms with E-state index < -0.39 is 0 Å². The second-order valence-electron chi connectivity index (χ2n) is 1.58. The third-order valence-corrected chi connectivity index (χ3v) is 0.809. The Hall–Kier alpha value is -0.0800. The molecule has 3 N–H and O–H groups in total. The van der Waals surface area contributed by atoms with Crippen molar-refractivity contribution < 1.29 is 5.11 Å². The molecule has 0 bridgehead atoms. The van der Waals surface area contributed by atoms with Crippen molar-refractivity contribution in [3.05, 3.63) is 6.92 Å². The van der Waals surface area contributed by atoms with Crippen LogP contribution in [0, 0.1) is 6.92 Å². The fourth-order valence-electron chi connectivity index (χ4n) is 0.353. The number of aliphatic hydroxyl groups is 1. The topological polar surface area (TPSA) is 46.2 Å². The van der Waals surface area contributed by atoms with Gasteiger partial charge in [-0.3, -0.25) is 0 Å². The zero-order valence-corrected chi connectivity index (χ0v) is 4.43. The van der Waals surface area contributed by atoms with Gasteiger partial charge in [0.15, 0.2) is 0 Å². The standard InChI is InChI=1S/C5H12NO/c1-2-3-5(6)4-7/h5,7H,1-4,6H2. The summed E-state index contributed by atoms with van der Waals surface area (Å²) in [6.45, 7) is 3.66. The van der Waals surface area contributed by atoms with E-state index in [0.717, 1.165) is 12.8 Å². The minimum absolute atomic E-state index is 0.0579. The van der Waals surface area contributed by atoms with E-state index in [0.29, 0.717) is 0 Å². The molecule has 0 aromatic heterocycles. The molecule has 2 heteroatoms. The molecule has 0 aliphatic heterocycles. The molecule has 0 fully saturated rings. The molecule has 0 aromatic rings. The van der Waals surface area contributed by atoms with Gasteiger partial charge in [-0.15, -0.1) is 0 Å². The average Bonchev–Trinajstić information content (AvgIpc) is 1.68. The lowest BCUT2D eigenvalue weighted by molar-refractivity contribution is 0.260. The molecule has 1 radical (unpaired) electrons. The van der Waals surface area contributed by atoms with Crippen molar-refractivity contribution in [1.29, 1.82) is 0 Å². The summed E-state index contributed by atoms with van der Waals surface area (Å²) in [7, 11) is 0. The second-order valence-corrected chi connectivity index (χ2v) is 1.58. The first kappa shape index (κ1) is 6.92. The van der Waals surface area contributed by atoms with Crippen LogP contribution in [-0.4, -0.2) is 17.8 Å². The molecular formula is C5H12NO. The van der Waals surface area contributed by atoms with Crippen LogP contribution in [0.5, 0.6) is 0 Å². The lowest BCUT2D eigenvalue weighted by Gasteiger charge is -2.02. The molecule has 0 saturated heterocycles. The normalized spacial score (nSPS) is 14.1. The van der Waals surface area contributed by atoms with Crippen LogP contribution in [0.15, 0.2) is 0 Å². The minimum Gasteiger partial charge on any atom is -0.395 e. The quantitative estimate of drug-likeness (QED) is 0.523. The highest BCUT2D eigenvalue weighted by molar-refractivity contribution is 4.57. The highest BCUT2D eigenvalue weighted by Gasteiger charge is 1.94. The van der Waals surface area contributed by atoms with Crippen LogP contribution in [0.2, 0.25) is 0 Å². The van der Waals surface area contributed by atoms with E-state index in [4.69, 9.17) is 10.8 Å². The van der Waals surface area contributed by atoms with Gasteiger partial charge in [0, 0.05) is 6.04 Å². The molecule has 0 rings (SSSR count). The van der Waals surface area contributed by atoms with E-state index in [9.17, 15) is 0 Å². The Labute approximate surface area is 44.3 Å². The summed E-state index contributed by atoms with van der Waals surface area (Å²) in [4.78, 5) is 0. The molecule has 0 aliphatic rings. The zero-order valence-electron chi connectivity index (χ0n) is 4.43. The molecular weight excluding hydrogens is 90.1 g/mol. The summed E-state index contributed by atoms with van der Waals surface area (Å²) in [5.74, 6) is 0. The van der Waals surface area contributed by atoms with Crippen LogP contribution in [0.4, 0.5) is 0 Å². The van der Waals surface area contributed by atoms with Gasteiger partial charge < -0.3 is 10.8 Å². The third kappa shape index (κ3) is 3.76. The van der Waals surface area contributed by atoms with E-state index in [1.807, 2.05) is 0 Å². The van der Waals surface area contributed by atoms with Crippen molar-refractivity contribution in [2.45, 2.75) is 18.9 Å². The van der Waals surface area contributed by atoms with Crippen molar-refractivity contribution in [1.82, 2.24) is 0 Å².